The molecule has 0 amide bonds. The minimum absolute atomic E-state index is 0.143. The number of nitrogens with zero attached hydrogens (tertiary/aromatic N) is 1. The number of aliphatic hydroxyl groups excluding tert-OH is 2. The molecular formula is C30H51NO8. The number of ether oxygens (including phenoxy) is 5. The number of hydrogen-bond donors (Lipinski definition) is 2. The zero-order valence-corrected chi connectivity index (χ0v) is 25.7. The van der Waals surface area contributed by atoms with E-state index >= 15 is 0 Å². The Morgan fingerprint density at radius 3 is 2.33 bits per heavy atom. The molecule has 39 heavy (non-hydrogen) atoms. The molecule has 1 saturated heterocycles. The molecule has 0 unspecified atom stereocenters. The van der Waals surface area contributed by atoms with Gasteiger partial charge in [0.15, 0.2) is 11.9 Å². The SMILES string of the molecule is CC[C@H]1OC(=O)[C@H](C)[C@@H](O)[C@H](C)[C@@H](O[C@@H]2O[C@H](C)C[C@H](N(C)C)[C@H]2O)[C@](C)(OC)CC(C)=C2O[C@@]1(C)C=C2C. The first-order valence-corrected chi connectivity index (χ1v) is 14.3. The van der Waals surface area contributed by atoms with Gasteiger partial charge in [0.2, 0.25) is 0 Å². The Balaban J connectivity index is 2.10. The predicted molar refractivity (Wildman–Crippen MR) is 148 cm³/mol. The molecule has 224 valence electrons. The first kappa shape index (κ1) is 32.0. The molecule has 0 aromatic heterocycles. The molecule has 0 spiro atoms. The Hall–Kier alpha value is -1.49. The number of likely N-dealkylation sites (N-methyl/N-ethyl adjacent to an activating group) is 1. The van der Waals surface area contributed by atoms with Gasteiger partial charge < -0.3 is 38.8 Å². The molecule has 2 N–H and O–H groups in total. The minimum atomic E-state index is -1.10. The van der Waals surface area contributed by atoms with Crippen molar-refractivity contribution in [1.29, 1.82) is 0 Å². The fraction of sp³-hybridized carbons (Fsp3) is 0.833. The van der Waals surface area contributed by atoms with Crippen molar-refractivity contribution in [3.63, 3.8) is 0 Å². The summed E-state index contributed by atoms with van der Waals surface area (Å²) in [5.74, 6) is -1.17. The first-order chi connectivity index (χ1) is 18.1. The van der Waals surface area contributed by atoms with Crippen LogP contribution < -0.4 is 0 Å². The second-order valence-electron chi connectivity index (χ2n) is 12.5. The molecular weight excluding hydrogens is 502 g/mol. The summed E-state index contributed by atoms with van der Waals surface area (Å²) in [5.41, 5.74) is 0.128. The normalized spacial score (nSPS) is 44.2. The third kappa shape index (κ3) is 6.39. The van der Waals surface area contributed by atoms with E-state index in [9.17, 15) is 15.0 Å². The fourth-order valence-corrected chi connectivity index (χ4v) is 6.55. The molecule has 3 aliphatic rings. The molecule has 0 saturated carbocycles. The van der Waals surface area contributed by atoms with Crippen LogP contribution in [0.5, 0.6) is 0 Å². The van der Waals surface area contributed by atoms with Gasteiger partial charge in [-0.2, -0.15) is 0 Å². The van der Waals surface area contributed by atoms with Gasteiger partial charge in [-0.05, 0) is 85.7 Å². The summed E-state index contributed by atoms with van der Waals surface area (Å²) in [4.78, 5) is 15.3. The summed E-state index contributed by atoms with van der Waals surface area (Å²) in [7, 11) is 5.46. The van der Waals surface area contributed by atoms with Crippen LogP contribution in [0.2, 0.25) is 0 Å². The zero-order valence-electron chi connectivity index (χ0n) is 25.7. The van der Waals surface area contributed by atoms with Gasteiger partial charge in [0.05, 0.1) is 29.8 Å². The number of aliphatic hydroxyl groups is 2. The Morgan fingerprint density at radius 1 is 1.13 bits per heavy atom. The van der Waals surface area contributed by atoms with E-state index in [4.69, 9.17) is 23.7 Å². The molecule has 0 aromatic carbocycles. The van der Waals surface area contributed by atoms with E-state index in [1.807, 2.05) is 73.5 Å². The van der Waals surface area contributed by atoms with Crippen LogP contribution in [-0.2, 0) is 28.5 Å². The lowest BCUT2D eigenvalue weighted by atomic mass is 9.78. The van der Waals surface area contributed by atoms with Crippen LogP contribution in [0.25, 0.3) is 0 Å². The van der Waals surface area contributed by atoms with Crippen LogP contribution in [0, 0.1) is 11.8 Å². The summed E-state index contributed by atoms with van der Waals surface area (Å²) in [5, 5.41) is 22.8. The number of rotatable bonds is 5. The van der Waals surface area contributed by atoms with E-state index in [1.54, 1.807) is 14.0 Å². The molecule has 0 radical (unpaired) electrons. The van der Waals surface area contributed by atoms with Crippen LogP contribution >= 0.6 is 0 Å². The summed E-state index contributed by atoms with van der Waals surface area (Å²) in [6.07, 6.45) is -0.728. The lowest BCUT2D eigenvalue weighted by molar-refractivity contribution is -0.300. The average Bonchev–Trinajstić information content (AvgIpc) is 3.19. The minimum Gasteiger partial charge on any atom is -0.479 e. The van der Waals surface area contributed by atoms with E-state index in [0.717, 1.165) is 16.9 Å². The van der Waals surface area contributed by atoms with E-state index in [-0.39, 0.29) is 12.1 Å². The summed E-state index contributed by atoms with van der Waals surface area (Å²) in [6, 6.07) is -0.163. The Bertz CT molecular complexity index is 949. The number of carbonyl (C=O) groups is 1. The van der Waals surface area contributed by atoms with E-state index < -0.39 is 59.7 Å². The topological polar surface area (TPSA) is 107 Å². The van der Waals surface area contributed by atoms with Gasteiger partial charge in [-0.25, -0.2) is 0 Å². The summed E-state index contributed by atoms with van der Waals surface area (Å²) in [6.45, 7) is 15.3. The highest BCUT2D eigenvalue weighted by atomic mass is 16.7. The van der Waals surface area contributed by atoms with Gasteiger partial charge in [-0.3, -0.25) is 4.79 Å². The second-order valence-corrected chi connectivity index (χ2v) is 12.5. The van der Waals surface area contributed by atoms with Crippen LogP contribution in [0.3, 0.4) is 0 Å². The second kappa shape index (κ2) is 12.2. The van der Waals surface area contributed by atoms with E-state index in [0.29, 0.717) is 19.3 Å². The van der Waals surface area contributed by atoms with Crippen molar-refractivity contribution in [2.75, 3.05) is 21.2 Å². The maximum absolute atomic E-state index is 13.3. The number of allylic oxidation sites excluding steroid dienone is 1. The highest BCUT2D eigenvalue weighted by Gasteiger charge is 2.50. The average molecular weight is 554 g/mol. The third-order valence-electron chi connectivity index (χ3n) is 8.98. The van der Waals surface area contributed by atoms with Gasteiger partial charge in [0.25, 0.3) is 0 Å². The van der Waals surface area contributed by atoms with Gasteiger partial charge in [-0.15, -0.1) is 0 Å². The Labute approximate surface area is 234 Å². The number of cyclic esters (lactones) is 1. The van der Waals surface area contributed by atoms with Crippen molar-refractivity contribution >= 4 is 5.97 Å². The van der Waals surface area contributed by atoms with E-state index in [2.05, 4.69) is 0 Å². The maximum atomic E-state index is 13.3. The molecule has 3 rings (SSSR count). The van der Waals surface area contributed by atoms with Crippen molar-refractivity contribution < 1.29 is 38.7 Å². The summed E-state index contributed by atoms with van der Waals surface area (Å²) >= 11 is 0. The fourth-order valence-electron chi connectivity index (χ4n) is 6.55. The van der Waals surface area contributed by atoms with Gasteiger partial charge in [0.1, 0.15) is 18.0 Å². The molecule has 0 aliphatic carbocycles. The molecule has 0 aromatic rings. The predicted octanol–water partition coefficient (Wildman–Crippen LogP) is 3.57. The molecule has 3 heterocycles. The van der Waals surface area contributed by atoms with Crippen LogP contribution in [0.15, 0.2) is 23.0 Å². The largest absolute Gasteiger partial charge is 0.479 e. The van der Waals surface area contributed by atoms with Gasteiger partial charge in [-0.1, -0.05) is 13.8 Å². The molecule has 11 atom stereocenters. The van der Waals surface area contributed by atoms with Crippen molar-refractivity contribution in [3.05, 3.63) is 23.0 Å². The molecule has 1 fully saturated rings. The van der Waals surface area contributed by atoms with Crippen LogP contribution in [0.4, 0.5) is 0 Å². The number of hydrogen-bond acceptors (Lipinski definition) is 9. The zero-order chi connectivity index (χ0) is 29.4. The number of methoxy groups -OCH3 is 1. The number of esters is 1. The molecule has 9 nitrogen and oxygen atoms in total. The van der Waals surface area contributed by atoms with Crippen molar-refractivity contribution in [2.45, 2.75) is 129 Å². The molecule has 2 bridgehead atoms. The Kier molecular flexibility index (Phi) is 9.99. The lowest BCUT2D eigenvalue weighted by Gasteiger charge is -2.47. The monoisotopic (exact) mass is 553 g/mol. The van der Waals surface area contributed by atoms with Gasteiger partial charge in [0, 0.05) is 25.5 Å². The number of carbonyl (C=O) groups excluding carboxylic acids is 1. The van der Waals surface area contributed by atoms with Crippen LogP contribution in [0.1, 0.15) is 74.7 Å². The van der Waals surface area contributed by atoms with E-state index in [1.165, 1.54) is 0 Å². The molecule has 9 heteroatoms. The number of fused-ring (bicyclic) bond motifs is 2. The van der Waals surface area contributed by atoms with Crippen molar-refractivity contribution in [3.8, 4) is 0 Å². The molecule has 3 aliphatic heterocycles. The maximum Gasteiger partial charge on any atom is 0.311 e. The lowest BCUT2D eigenvalue weighted by Crippen LogP contribution is -2.59. The first-order valence-electron chi connectivity index (χ1n) is 14.3. The third-order valence-corrected chi connectivity index (χ3v) is 8.98. The summed E-state index contributed by atoms with van der Waals surface area (Å²) < 4.78 is 31.3. The highest BCUT2D eigenvalue weighted by molar-refractivity contribution is 5.73. The highest BCUT2D eigenvalue weighted by Crippen LogP contribution is 2.43. The van der Waals surface area contributed by atoms with Crippen LogP contribution in [-0.4, -0.2) is 96.3 Å². The standard InChI is InChI=1S/C30H51NO8/c1-12-22-29(7)14-16(2)25(39-29)17(3)15-30(8,35-11)26(19(5)23(32)20(6)27(34)37-22)38-28-24(33)21(31(9)10)13-18(4)36-28/h14,18-24,26,28,32-33H,12-13,15H2,1-11H3/t18-,19+,20-,21+,22-,23+,24-,26-,28+,29+,30-/m1/s1. The van der Waals surface area contributed by atoms with Crippen molar-refractivity contribution in [2.24, 2.45) is 11.8 Å². The van der Waals surface area contributed by atoms with Gasteiger partial charge >= 0.3 is 5.97 Å². The quantitative estimate of drug-likeness (QED) is 0.494. The Morgan fingerprint density at radius 2 is 1.77 bits per heavy atom. The van der Waals surface area contributed by atoms with Crippen molar-refractivity contribution in [1.82, 2.24) is 4.90 Å². The smallest absolute Gasteiger partial charge is 0.311 e.